The van der Waals surface area contributed by atoms with Crippen molar-refractivity contribution >= 4 is 11.8 Å². The van der Waals surface area contributed by atoms with Crippen molar-refractivity contribution in [1.82, 2.24) is 15.0 Å². The number of isocyanates is 1. The third-order valence-corrected chi connectivity index (χ3v) is 1.71. The van der Waals surface area contributed by atoms with Crippen molar-refractivity contribution in [2.45, 2.75) is 0 Å². The lowest BCUT2D eigenvalue weighted by Crippen LogP contribution is -1.93. The molecular weight excluding hydrogens is 180 g/mol. The van der Waals surface area contributed by atoms with Gasteiger partial charge >= 0.3 is 0 Å². The summed E-state index contributed by atoms with van der Waals surface area (Å²) in [6, 6.07) is 7.01. The maximum atomic E-state index is 9.97. The Hall–Kier alpha value is -2.26. The molecule has 0 bridgehead atoms. The molecule has 0 aliphatic rings. The lowest BCUT2D eigenvalue weighted by Gasteiger charge is -1.98. The van der Waals surface area contributed by atoms with Gasteiger partial charge in [-0.1, -0.05) is 5.21 Å². The molecule has 0 N–H and O–H groups in total. The van der Waals surface area contributed by atoms with Gasteiger partial charge in [0.15, 0.2) is 0 Å². The molecule has 2 rings (SSSR count). The van der Waals surface area contributed by atoms with Crippen LogP contribution in [-0.2, 0) is 4.79 Å². The summed E-state index contributed by atoms with van der Waals surface area (Å²) in [6.07, 6.45) is 4.81. The molecule has 1 aromatic carbocycles. The topological polar surface area (TPSA) is 60.1 Å². The lowest BCUT2D eigenvalue weighted by molar-refractivity contribution is 0.565. The lowest BCUT2D eigenvalue weighted by atomic mass is 10.3. The molecule has 0 saturated heterocycles. The Balaban J connectivity index is 2.35. The summed E-state index contributed by atoms with van der Waals surface area (Å²) in [5.74, 6) is 0. The van der Waals surface area contributed by atoms with Gasteiger partial charge in [-0.05, 0) is 24.3 Å². The molecule has 5 heteroatoms. The number of aromatic nitrogens is 3. The number of rotatable bonds is 2. The first-order valence-corrected chi connectivity index (χ1v) is 3.95. The summed E-state index contributed by atoms with van der Waals surface area (Å²) in [5, 5.41) is 7.51. The van der Waals surface area contributed by atoms with E-state index < -0.39 is 0 Å². The second-order valence-electron chi connectivity index (χ2n) is 2.57. The van der Waals surface area contributed by atoms with Crippen LogP contribution in [0.1, 0.15) is 0 Å². The number of hydrogen-bond donors (Lipinski definition) is 0. The van der Waals surface area contributed by atoms with E-state index in [4.69, 9.17) is 0 Å². The molecule has 1 aromatic heterocycles. The van der Waals surface area contributed by atoms with E-state index in [1.165, 1.54) is 6.08 Å². The zero-order valence-electron chi connectivity index (χ0n) is 7.16. The first-order chi connectivity index (χ1) is 6.90. The Morgan fingerprint density at radius 2 is 2.07 bits per heavy atom. The number of hydrogen-bond acceptors (Lipinski definition) is 4. The fourth-order valence-electron chi connectivity index (χ4n) is 1.08. The molecule has 0 radical (unpaired) electrons. The molecule has 0 aliphatic carbocycles. The predicted molar refractivity (Wildman–Crippen MR) is 49.1 cm³/mol. The monoisotopic (exact) mass is 186 g/mol. The van der Waals surface area contributed by atoms with Crippen LogP contribution in [0.5, 0.6) is 0 Å². The molecule has 0 fully saturated rings. The van der Waals surface area contributed by atoms with Crippen LogP contribution in [0.25, 0.3) is 5.69 Å². The number of benzene rings is 1. The van der Waals surface area contributed by atoms with Crippen LogP contribution in [-0.4, -0.2) is 21.1 Å². The maximum Gasteiger partial charge on any atom is 0.240 e. The second-order valence-corrected chi connectivity index (χ2v) is 2.57. The van der Waals surface area contributed by atoms with Crippen molar-refractivity contribution in [3.05, 3.63) is 36.7 Å². The fourth-order valence-corrected chi connectivity index (χ4v) is 1.08. The van der Waals surface area contributed by atoms with Crippen LogP contribution < -0.4 is 0 Å². The average molecular weight is 186 g/mol. The van der Waals surface area contributed by atoms with Crippen molar-refractivity contribution in [2.24, 2.45) is 4.99 Å². The van der Waals surface area contributed by atoms with Crippen molar-refractivity contribution in [3.8, 4) is 5.69 Å². The van der Waals surface area contributed by atoms with E-state index in [9.17, 15) is 4.79 Å². The molecule has 0 saturated carbocycles. The molecule has 14 heavy (non-hydrogen) atoms. The first kappa shape index (κ1) is 8.34. The van der Waals surface area contributed by atoms with Crippen LogP contribution >= 0.6 is 0 Å². The zero-order chi connectivity index (χ0) is 9.80. The minimum Gasteiger partial charge on any atom is -0.221 e. The third kappa shape index (κ3) is 1.57. The SMILES string of the molecule is O=C=Nc1ccc(-n2ccnn2)cc1. The summed E-state index contributed by atoms with van der Waals surface area (Å²) < 4.78 is 1.62. The Labute approximate surface area is 79.7 Å². The standard InChI is InChI=1S/C9H6N4O/c14-7-10-8-1-3-9(4-2-8)13-6-5-11-12-13/h1-6H. The van der Waals surface area contributed by atoms with E-state index in [1.54, 1.807) is 41.3 Å². The van der Waals surface area contributed by atoms with Crippen molar-refractivity contribution in [1.29, 1.82) is 0 Å². The number of aliphatic imine (C=N–C) groups is 1. The molecule has 0 atom stereocenters. The maximum absolute atomic E-state index is 9.97. The summed E-state index contributed by atoms with van der Waals surface area (Å²) in [5.41, 5.74) is 1.44. The van der Waals surface area contributed by atoms with Crippen LogP contribution in [0.2, 0.25) is 0 Å². The normalized spacial score (nSPS) is 9.43. The highest BCUT2D eigenvalue weighted by Gasteiger charge is 1.95. The summed E-state index contributed by atoms with van der Waals surface area (Å²) in [4.78, 5) is 13.4. The minimum atomic E-state index is 0.573. The highest BCUT2D eigenvalue weighted by molar-refractivity contribution is 5.51. The van der Waals surface area contributed by atoms with Crippen LogP contribution in [0.3, 0.4) is 0 Å². The van der Waals surface area contributed by atoms with E-state index in [0.29, 0.717) is 5.69 Å². The average Bonchev–Trinajstić information content (AvgIpc) is 2.72. The van der Waals surface area contributed by atoms with Gasteiger partial charge in [0.05, 0.1) is 23.8 Å². The highest BCUT2D eigenvalue weighted by atomic mass is 16.1. The Bertz CT molecular complexity index is 454. The van der Waals surface area contributed by atoms with Gasteiger partial charge in [0.25, 0.3) is 0 Å². The highest BCUT2D eigenvalue weighted by Crippen LogP contribution is 2.13. The van der Waals surface area contributed by atoms with Gasteiger partial charge in [-0.25, -0.2) is 9.48 Å². The van der Waals surface area contributed by atoms with Crippen LogP contribution in [0, 0.1) is 0 Å². The molecule has 68 valence electrons. The third-order valence-electron chi connectivity index (χ3n) is 1.71. The van der Waals surface area contributed by atoms with Gasteiger partial charge in [0, 0.05) is 0 Å². The van der Waals surface area contributed by atoms with E-state index in [2.05, 4.69) is 15.3 Å². The van der Waals surface area contributed by atoms with Crippen molar-refractivity contribution in [2.75, 3.05) is 0 Å². The van der Waals surface area contributed by atoms with Gasteiger partial charge in [-0.3, -0.25) is 0 Å². The van der Waals surface area contributed by atoms with Gasteiger partial charge in [0.1, 0.15) is 0 Å². The van der Waals surface area contributed by atoms with Gasteiger partial charge in [-0.15, -0.1) is 5.10 Å². The van der Waals surface area contributed by atoms with Gasteiger partial charge < -0.3 is 0 Å². The largest absolute Gasteiger partial charge is 0.240 e. The van der Waals surface area contributed by atoms with Crippen molar-refractivity contribution in [3.63, 3.8) is 0 Å². The summed E-state index contributed by atoms with van der Waals surface area (Å²) >= 11 is 0. The quantitative estimate of drug-likeness (QED) is 0.523. The molecular formula is C9H6N4O. The molecule has 5 nitrogen and oxygen atoms in total. The van der Waals surface area contributed by atoms with E-state index >= 15 is 0 Å². The molecule has 0 aliphatic heterocycles. The summed E-state index contributed by atoms with van der Waals surface area (Å²) in [6.45, 7) is 0. The van der Waals surface area contributed by atoms with E-state index in [0.717, 1.165) is 5.69 Å². The number of carbonyl (C=O) groups excluding carboxylic acids is 1. The predicted octanol–water partition coefficient (Wildman–Crippen LogP) is 1.23. The van der Waals surface area contributed by atoms with Gasteiger partial charge in [-0.2, -0.15) is 4.99 Å². The van der Waals surface area contributed by atoms with Crippen LogP contribution in [0.4, 0.5) is 5.69 Å². The van der Waals surface area contributed by atoms with Crippen molar-refractivity contribution < 1.29 is 4.79 Å². The van der Waals surface area contributed by atoms with E-state index in [1.807, 2.05) is 0 Å². The minimum absolute atomic E-state index is 0.573. The first-order valence-electron chi connectivity index (χ1n) is 3.95. The second kappa shape index (κ2) is 3.64. The number of nitrogens with zero attached hydrogens (tertiary/aromatic N) is 4. The Kier molecular flexibility index (Phi) is 2.17. The van der Waals surface area contributed by atoms with Gasteiger partial charge in [0.2, 0.25) is 6.08 Å². The van der Waals surface area contributed by atoms with E-state index in [-0.39, 0.29) is 0 Å². The fraction of sp³-hybridized carbons (Fsp3) is 0. The molecule has 0 unspecified atom stereocenters. The Morgan fingerprint density at radius 1 is 1.29 bits per heavy atom. The molecule has 1 heterocycles. The summed E-state index contributed by atoms with van der Waals surface area (Å²) in [7, 11) is 0. The molecule has 2 aromatic rings. The molecule has 0 spiro atoms. The zero-order valence-corrected chi connectivity index (χ0v) is 7.16. The Morgan fingerprint density at radius 3 is 2.64 bits per heavy atom. The molecule has 0 amide bonds. The smallest absolute Gasteiger partial charge is 0.221 e. The van der Waals surface area contributed by atoms with Crippen LogP contribution in [0.15, 0.2) is 41.7 Å².